The minimum absolute atomic E-state index is 0.279. The van der Waals surface area contributed by atoms with Crippen molar-refractivity contribution in [2.24, 2.45) is 5.41 Å². The Morgan fingerprint density at radius 3 is 2.94 bits per heavy atom. The number of aromatic nitrogens is 2. The lowest BCUT2D eigenvalue weighted by molar-refractivity contribution is -0.154. The van der Waals surface area contributed by atoms with Crippen LogP contribution in [0.3, 0.4) is 0 Å². The summed E-state index contributed by atoms with van der Waals surface area (Å²) in [5, 5.41) is 13.9. The molecule has 0 radical (unpaired) electrons. The number of ether oxygens (including phenoxy) is 1. The molecule has 1 heterocycles. The summed E-state index contributed by atoms with van der Waals surface area (Å²) in [7, 11) is 1.30. The number of rotatable bonds is 5. The summed E-state index contributed by atoms with van der Waals surface area (Å²) in [5.74, 6) is -0.530. The Morgan fingerprint density at radius 2 is 2.44 bits per heavy atom. The lowest BCUT2D eigenvalue weighted by atomic mass is 9.95. The summed E-state index contributed by atoms with van der Waals surface area (Å²) < 4.78 is 6.37. The highest BCUT2D eigenvalue weighted by molar-refractivity contribution is 5.75. The van der Waals surface area contributed by atoms with Gasteiger partial charge >= 0.3 is 5.97 Å². The normalized spacial score (nSPS) is 19.1. The zero-order valence-corrected chi connectivity index (χ0v) is 9.30. The smallest absolute Gasteiger partial charge is 0.335 e. The van der Waals surface area contributed by atoms with Crippen molar-refractivity contribution in [3.05, 3.63) is 18.5 Å². The second-order valence-corrected chi connectivity index (χ2v) is 4.31. The second kappa shape index (κ2) is 4.25. The molecule has 1 N–H and O–H groups in total. The van der Waals surface area contributed by atoms with Crippen molar-refractivity contribution in [2.45, 2.75) is 31.9 Å². The molecule has 0 spiro atoms. The molecule has 1 fully saturated rings. The molecule has 0 aromatic carbocycles. The number of aryl methyl sites for hydroxylation is 1. The van der Waals surface area contributed by atoms with E-state index < -0.39 is 12.1 Å². The average Bonchev–Trinajstić information content (AvgIpc) is 2.92. The minimum atomic E-state index is -0.993. The third-order valence-corrected chi connectivity index (χ3v) is 3.29. The summed E-state index contributed by atoms with van der Waals surface area (Å²) in [4.78, 5) is 11.3. The van der Waals surface area contributed by atoms with Crippen LogP contribution in [0, 0.1) is 5.41 Å². The molecule has 0 aliphatic heterocycles. The molecule has 5 nitrogen and oxygen atoms in total. The van der Waals surface area contributed by atoms with E-state index in [-0.39, 0.29) is 5.41 Å². The van der Waals surface area contributed by atoms with Crippen molar-refractivity contribution < 1.29 is 14.6 Å². The highest BCUT2D eigenvalue weighted by atomic mass is 16.5. The third kappa shape index (κ3) is 2.09. The minimum Gasteiger partial charge on any atom is -0.467 e. The largest absolute Gasteiger partial charge is 0.467 e. The Morgan fingerprint density at radius 1 is 1.69 bits per heavy atom. The molecule has 1 aromatic rings. The number of aliphatic hydroxyl groups excluding tert-OH is 1. The van der Waals surface area contributed by atoms with Crippen molar-refractivity contribution in [3.8, 4) is 0 Å². The van der Waals surface area contributed by atoms with Crippen LogP contribution < -0.4 is 0 Å². The van der Waals surface area contributed by atoms with Gasteiger partial charge in [0.15, 0.2) is 6.10 Å². The molecule has 5 heteroatoms. The van der Waals surface area contributed by atoms with E-state index in [1.807, 2.05) is 16.9 Å². The zero-order chi connectivity index (χ0) is 11.6. The maximum atomic E-state index is 11.3. The number of carbonyl (C=O) groups excluding carboxylic acids is 1. The molecule has 1 atom stereocenters. The standard InChI is InChI=1S/C11H16N2O3/c1-16-10(15)9(14)11(3-4-11)5-8-13-7-2-6-12-13/h2,6-7,9,14H,3-5,8H2,1H3. The van der Waals surface area contributed by atoms with Crippen LogP contribution in [0.4, 0.5) is 0 Å². The molecule has 88 valence electrons. The Hall–Kier alpha value is -1.36. The molecule has 16 heavy (non-hydrogen) atoms. The van der Waals surface area contributed by atoms with Crippen molar-refractivity contribution in [3.63, 3.8) is 0 Å². The monoisotopic (exact) mass is 224 g/mol. The van der Waals surface area contributed by atoms with Crippen LogP contribution in [0.15, 0.2) is 18.5 Å². The van der Waals surface area contributed by atoms with Crippen LogP contribution in [0.2, 0.25) is 0 Å². The van der Waals surface area contributed by atoms with Crippen molar-refractivity contribution >= 4 is 5.97 Å². The highest BCUT2D eigenvalue weighted by Crippen LogP contribution is 2.52. The van der Waals surface area contributed by atoms with Gasteiger partial charge in [-0.2, -0.15) is 5.10 Å². The number of esters is 1. The molecule has 0 bridgehead atoms. The predicted octanol–water partition coefficient (Wildman–Crippen LogP) is 0.587. The third-order valence-electron chi connectivity index (χ3n) is 3.29. The number of hydrogen-bond donors (Lipinski definition) is 1. The second-order valence-electron chi connectivity index (χ2n) is 4.31. The number of methoxy groups -OCH3 is 1. The Labute approximate surface area is 94.0 Å². The number of carbonyl (C=O) groups is 1. The van der Waals surface area contributed by atoms with Crippen LogP contribution in [0.5, 0.6) is 0 Å². The van der Waals surface area contributed by atoms with Gasteiger partial charge in [0.2, 0.25) is 0 Å². The first-order valence-corrected chi connectivity index (χ1v) is 5.41. The van der Waals surface area contributed by atoms with Crippen LogP contribution in [-0.4, -0.2) is 34.1 Å². The van der Waals surface area contributed by atoms with Gasteiger partial charge in [-0.05, 0) is 25.3 Å². The van der Waals surface area contributed by atoms with Crippen molar-refractivity contribution in [2.75, 3.05) is 7.11 Å². The van der Waals surface area contributed by atoms with Crippen molar-refractivity contribution in [1.29, 1.82) is 0 Å². The zero-order valence-electron chi connectivity index (χ0n) is 9.30. The quantitative estimate of drug-likeness (QED) is 0.743. The predicted molar refractivity (Wildman–Crippen MR) is 56.5 cm³/mol. The lowest BCUT2D eigenvalue weighted by Crippen LogP contribution is -2.32. The summed E-state index contributed by atoms with van der Waals surface area (Å²) in [5.41, 5.74) is -0.279. The summed E-state index contributed by atoms with van der Waals surface area (Å²) >= 11 is 0. The number of hydrogen-bond acceptors (Lipinski definition) is 4. The van der Waals surface area contributed by atoms with Crippen LogP contribution in [-0.2, 0) is 16.1 Å². The van der Waals surface area contributed by atoms with E-state index in [0.29, 0.717) is 0 Å². The summed E-state index contributed by atoms with van der Waals surface area (Å²) in [6.45, 7) is 0.723. The van der Waals surface area contributed by atoms with Gasteiger partial charge in [0.1, 0.15) is 0 Å². The van der Waals surface area contributed by atoms with Crippen LogP contribution >= 0.6 is 0 Å². The molecule has 1 aliphatic carbocycles. The van der Waals surface area contributed by atoms with Gasteiger partial charge in [-0.3, -0.25) is 4.68 Å². The first-order valence-electron chi connectivity index (χ1n) is 5.41. The van der Waals surface area contributed by atoms with Gasteiger partial charge in [-0.15, -0.1) is 0 Å². The maximum Gasteiger partial charge on any atom is 0.335 e. The molecule has 1 aromatic heterocycles. The Kier molecular flexibility index (Phi) is 2.96. The highest BCUT2D eigenvalue weighted by Gasteiger charge is 2.51. The fraction of sp³-hybridized carbons (Fsp3) is 0.636. The van der Waals surface area contributed by atoms with E-state index in [1.54, 1.807) is 6.20 Å². The fourth-order valence-corrected chi connectivity index (χ4v) is 1.95. The summed E-state index contributed by atoms with van der Waals surface area (Å²) in [6, 6.07) is 1.86. The first kappa shape index (κ1) is 11.1. The topological polar surface area (TPSA) is 64.3 Å². The van der Waals surface area contributed by atoms with Crippen LogP contribution in [0.25, 0.3) is 0 Å². The van der Waals surface area contributed by atoms with E-state index >= 15 is 0 Å². The molecular formula is C11H16N2O3. The molecule has 1 saturated carbocycles. The van der Waals surface area contributed by atoms with Gasteiger partial charge in [-0.25, -0.2) is 4.79 Å². The molecule has 1 unspecified atom stereocenters. The first-order chi connectivity index (χ1) is 7.68. The maximum absolute atomic E-state index is 11.3. The van der Waals surface area contributed by atoms with E-state index in [4.69, 9.17) is 0 Å². The van der Waals surface area contributed by atoms with Gasteiger partial charge < -0.3 is 9.84 Å². The van der Waals surface area contributed by atoms with Crippen LogP contribution in [0.1, 0.15) is 19.3 Å². The summed E-state index contributed by atoms with van der Waals surface area (Å²) in [6.07, 6.45) is 5.12. The molecule has 1 aliphatic rings. The molecule has 2 rings (SSSR count). The van der Waals surface area contributed by atoms with Gasteiger partial charge in [0, 0.05) is 24.4 Å². The fourth-order valence-electron chi connectivity index (χ4n) is 1.95. The molecule has 0 amide bonds. The van der Waals surface area contributed by atoms with E-state index in [1.165, 1.54) is 7.11 Å². The van der Waals surface area contributed by atoms with E-state index in [0.717, 1.165) is 25.8 Å². The number of nitrogens with zero attached hydrogens (tertiary/aromatic N) is 2. The van der Waals surface area contributed by atoms with E-state index in [2.05, 4.69) is 9.84 Å². The molecular weight excluding hydrogens is 208 g/mol. The van der Waals surface area contributed by atoms with Gasteiger partial charge in [-0.1, -0.05) is 0 Å². The van der Waals surface area contributed by atoms with Gasteiger partial charge in [0.05, 0.1) is 7.11 Å². The lowest BCUT2D eigenvalue weighted by Gasteiger charge is -2.19. The SMILES string of the molecule is COC(=O)C(O)C1(CCn2cccn2)CC1. The van der Waals surface area contributed by atoms with E-state index in [9.17, 15) is 9.90 Å². The van der Waals surface area contributed by atoms with Crippen molar-refractivity contribution in [1.82, 2.24) is 9.78 Å². The van der Waals surface area contributed by atoms with Gasteiger partial charge in [0.25, 0.3) is 0 Å². The molecule has 0 saturated heterocycles. The Bertz CT molecular complexity index is 357. The number of aliphatic hydroxyl groups is 1. The Balaban J connectivity index is 1.91. The average molecular weight is 224 g/mol.